The van der Waals surface area contributed by atoms with Crippen LogP contribution in [0.3, 0.4) is 0 Å². The van der Waals surface area contributed by atoms with Gasteiger partial charge < -0.3 is 33.5 Å². The van der Waals surface area contributed by atoms with E-state index in [0.29, 0.717) is 13.2 Å². The monoisotopic (exact) mass is 418 g/mol. The molecule has 0 saturated carbocycles. The summed E-state index contributed by atoms with van der Waals surface area (Å²) in [5.41, 5.74) is 2.04. The molecule has 2 aromatic rings. The largest absolute Gasteiger partial charge is 0.497 e. The van der Waals surface area contributed by atoms with E-state index in [0.717, 1.165) is 16.9 Å². The van der Waals surface area contributed by atoms with Gasteiger partial charge in [0, 0.05) is 14.2 Å². The van der Waals surface area contributed by atoms with Crippen molar-refractivity contribution in [3.63, 3.8) is 0 Å². The highest BCUT2D eigenvalue weighted by atomic mass is 16.7. The molecule has 30 heavy (non-hydrogen) atoms. The lowest BCUT2D eigenvalue weighted by Crippen LogP contribution is -2.60. The molecule has 1 N–H and O–H groups in total. The van der Waals surface area contributed by atoms with E-state index in [4.69, 9.17) is 28.4 Å². The molecular formula is C23H30O7. The second kappa shape index (κ2) is 11.4. The zero-order valence-electron chi connectivity index (χ0n) is 17.6. The highest BCUT2D eigenvalue weighted by Gasteiger charge is 2.47. The quantitative estimate of drug-likeness (QED) is 0.635. The van der Waals surface area contributed by atoms with Gasteiger partial charge in [-0.1, -0.05) is 42.5 Å². The first-order valence-corrected chi connectivity index (χ1v) is 9.91. The third-order valence-electron chi connectivity index (χ3n) is 5.15. The average molecular weight is 418 g/mol. The Morgan fingerprint density at radius 2 is 1.47 bits per heavy atom. The number of hydrogen-bond acceptors (Lipinski definition) is 7. The van der Waals surface area contributed by atoms with Crippen molar-refractivity contribution in [2.75, 3.05) is 27.9 Å². The molecule has 7 nitrogen and oxygen atoms in total. The van der Waals surface area contributed by atoms with Crippen LogP contribution >= 0.6 is 0 Å². The minimum atomic E-state index is -1.13. The first-order valence-electron chi connectivity index (χ1n) is 9.91. The summed E-state index contributed by atoms with van der Waals surface area (Å²) < 4.78 is 34.0. The molecule has 0 unspecified atom stereocenters. The van der Waals surface area contributed by atoms with Crippen molar-refractivity contribution in [1.29, 1.82) is 0 Å². The molecule has 1 saturated heterocycles. The second-order valence-corrected chi connectivity index (χ2v) is 7.09. The maximum Gasteiger partial charge on any atom is 0.184 e. The van der Waals surface area contributed by atoms with E-state index in [1.807, 2.05) is 54.6 Å². The van der Waals surface area contributed by atoms with Gasteiger partial charge in [-0.15, -0.1) is 0 Å². The van der Waals surface area contributed by atoms with Gasteiger partial charge in [0.15, 0.2) is 6.29 Å². The molecule has 3 rings (SSSR count). The van der Waals surface area contributed by atoms with Crippen molar-refractivity contribution in [1.82, 2.24) is 0 Å². The summed E-state index contributed by atoms with van der Waals surface area (Å²) in [6.45, 7) is 1.03. The van der Waals surface area contributed by atoms with Gasteiger partial charge in [-0.25, -0.2) is 0 Å². The summed E-state index contributed by atoms with van der Waals surface area (Å²) in [6, 6.07) is 17.5. The Morgan fingerprint density at radius 1 is 0.800 bits per heavy atom. The van der Waals surface area contributed by atoms with Crippen LogP contribution in [0.15, 0.2) is 54.6 Å². The Bertz CT molecular complexity index is 737. The fourth-order valence-corrected chi connectivity index (χ4v) is 3.53. The Labute approximate surface area is 177 Å². The summed E-state index contributed by atoms with van der Waals surface area (Å²) >= 11 is 0. The van der Waals surface area contributed by atoms with Gasteiger partial charge in [-0.3, -0.25) is 0 Å². The van der Waals surface area contributed by atoms with Gasteiger partial charge in [0.1, 0.15) is 30.2 Å². The highest BCUT2D eigenvalue weighted by molar-refractivity contribution is 5.26. The van der Waals surface area contributed by atoms with Crippen LogP contribution in [0.4, 0.5) is 0 Å². The summed E-state index contributed by atoms with van der Waals surface area (Å²) in [4.78, 5) is 0. The molecule has 0 aromatic heterocycles. The second-order valence-electron chi connectivity index (χ2n) is 7.09. The third-order valence-corrected chi connectivity index (χ3v) is 5.15. The Kier molecular flexibility index (Phi) is 8.62. The molecule has 0 radical (unpaired) electrons. The predicted molar refractivity (Wildman–Crippen MR) is 110 cm³/mol. The molecule has 1 heterocycles. The minimum Gasteiger partial charge on any atom is -0.497 e. The van der Waals surface area contributed by atoms with Crippen molar-refractivity contribution >= 4 is 0 Å². The van der Waals surface area contributed by atoms with E-state index in [-0.39, 0.29) is 6.61 Å². The minimum absolute atomic E-state index is 0.246. The Morgan fingerprint density at radius 3 is 2.10 bits per heavy atom. The maximum absolute atomic E-state index is 10.4. The van der Waals surface area contributed by atoms with E-state index >= 15 is 0 Å². The van der Waals surface area contributed by atoms with Crippen LogP contribution in [-0.4, -0.2) is 63.7 Å². The fraction of sp³-hybridized carbons (Fsp3) is 0.478. The van der Waals surface area contributed by atoms with E-state index in [9.17, 15) is 5.11 Å². The average Bonchev–Trinajstić information content (AvgIpc) is 2.79. The van der Waals surface area contributed by atoms with E-state index in [1.165, 1.54) is 7.11 Å². The lowest BCUT2D eigenvalue weighted by Gasteiger charge is -2.43. The maximum atomic E-state index is 10.4. The van der Waals surface area contributed by atoms with Crippen LogP contribution < -0.4 is 4.74 Å². The fourth-order valence-electron chi connectivity index (χ4n) is 3.53. The van der Waals surface area contributed by atoms with E-state index < -0.39 is 30.7 Å². The zero-order chi connectivity index (χ0) is 21.3. The molecule has 164 valence electrons. The normalized spacial score (nSPS) is 26.5. The number of hydrogen-bond donors (Lipinski definition) is 1. The van der Waals surface area contributed by atoms with Crippen molar-refractivity contribution < 1.29 is 33.5 Å². The van der Waals surface area contributed by atoms with Crippen molar-refractivity contribution in [3.8, 4) is 5.75 Å². The van der Waals surface area contributed by atoms with Crippen molar-refractivity contribution in [2.24, 2.45) is 0 Å². The third kappa shape index (κ3) is 5.78. The molecule has 5 atom stereocenters. The summed E-state index contributed by atoms with van der Waals surface area (Å²) in [7, 11) is 4.71. The molecule has 0 bridgehead atoms. The number of aliphatic hydroxyl groups excluding tert-OH is 1. The van der Waals surface area contributed by atoms with Crippen molar-refractivity contribution in [2.45, 2.75) is 43.9 Å². The molecular weight excluding hydrogens is 388 g/mol. The van der Waals surface area contributed by atoms with Gasteiger partial charge in [-0.2, -0.15) is 0 Å². The number of aliphatic hydroxyl groups is 1. The number of methoxy groups -OCH3 is 3. The molecule has 7 heteroatoms. The van der Waals surface area contributed by atoms with Gasteiger partial charge in [0.2, 0.25) is 0 Å². The Balaban J connectivity index is 1.66. The molecule has 2 aromatic carbocycles. The van der Waals surface area contributed by atoms with Crippen LogP contribution in [0, 0.1) is 0 Å². The summed E-state index contributed by atoms with van der Waals surface area (Å²) in [5, 5.41) is 10.4. The first kappa shape index (κ1) is 22.7. The lowest BCUT2D eigenvalue weighted by atomic mass is 9.98. The molecule has 0 amide bonds. The standard InChI is InChI=1S/C23H30O7/c1-25-18-11-9-17(10-12-18)14-29-20-19(15-28-13-16-7-5-4-6-8-16)30-23(24)22(27-3)21(20)26-2/h4-12,19-24H,13-15H2,1-3H3/t19-,20-,21+,22-,23+/m1/s1. The molecule has 1 fully saturated rings. The molecule has 1 aliphatic heterocycles. The van der Waals surface area contributed by atoms with Crippen LogP contribution in [0.25, 0.3) is 0 Å². The lowest BCUT2D eigenvalue weighted by molar-refractivity contribution is -0.306. The van der Waals surface area contributed by atoms with Crippen LogP contribution in [0.5, 0.6) is 5.75 Å². The zero-order valence-corrected chi connectivity index (χ0v) is 17.6. The number of rotatable bonds is 10. The number of ether oxygens (including phenoxy) is 6. The van der Waals surface area contributed by atoms with Crippen LogP contribution in [0.2, 0.25) is 0 Å². The molecule has 1 aliphatic rings. The smallest absolute Gasteiger partial charge is 0.184 e. The van der Waals surface area contributed by atoms with Gasteiger partial charge in [-0.05, 0) is 23.3 Å². The van der Waals surface area contributed by atoms with Crippen LogP contribution in [0.1, 0.15) is 11.1 Å². The van der Waals surface area contributed by atoms with Gasteiger partial charge in [0.25, 0.3) is 0 Å². The topological polar surface area (TPSA) is 75.6 Å². The van der Waals surface area contributed by atoms with Crippen LogP contribution in [-0.2, 0) is 36.9 Å². The summed E-state index contributed by atoms with van der Waals surface area (Å²) in [6.07, 6.45) is -3.31. The van der Waals surface area contributed by atoms with E-state index in [2.05, 4.69) is 0 Å². The van der Waals surface area contributed by atoms with Crippen molar-refractivity contribution in [3.05, 3.63) is 65.7 Å². The Hall–Kier alpha value is -2.00. The molecule has 0 aliphatic carbocycles. The summed E-state index contributed by atoms with van der Waals surface area (Å²) in [5.74, 6) is 0.782. The van der Waals surface area contributed by atoms with Gasteiger partial charge in [0.05, 0.1) is 26.9 Å². The highest BCUT2D eigenvalue weighted by Crippen LogP contribution is 2.28. The predicted octanol–water partition coefficient (Wildman–Crippen LogP) is 2.54. The van der Waals surface area contributed by atoms with Gasteiger partial charge >= 0.3 is 0 Å². The molecule has 0 spiro atoms. The number of benzene rings is 2. The van der Waals surface area contributed by atoms with E-state index in [1.54, 1.807) is 14.2 Å². The first-order chi connectivity index (χ1) is 14.7. The SMILES string of the molecule is COc1ccc(CO[C@H]2[C@H](OC)[C@@H](OC)[C@@H](O)O[C@@H]2COCc2ccccc2)cc1.